The molecule has 2 aromatic rings. The highest BCUT2D eigenvalue weighted by Gasteiger charge is 2.48. The number of nitrogens with one attached hydrogen (secondary N) is 1. The van der Waals surface area contributed by atoms with Gasteiger partial charge in [0.15, 0.2) is 5.13 Å². The van der Waals surface area contributed by atoms with E-state index in [0.29, 0.717) is 34.8 Å². The van der Waals surface area contributed by atoms with Crippen molar-refractivity contribution in [2.75, 3.05) is 11.9 Å². The van der Waals surface area contributed by atoms with Crippen molar-refractivity contribution in [2.45, 2.75) is 38.6 Å². The molecule has 5 rings (SSSR count). The van der Waals surface area contributed by atoms with Gasteiger partial charge in [0.25, 0.3) is 0 Å². The number of carbonyl (C=O) groups is 1. The molecule has 0 amide bonds. The molecule has 0 aromatic carbocycles. The third-order valence-corrected chi connectivity index (χ3v) is 6.68. The molecule has 1 N–H and O–H groups in total. The van der Waals surface area contributed by atoms with Crippen molar-refractivity contribution < 1.29 is 13.9 Å². The maximum absolute atomic E-state index is 13.4. The van der Waals surface area contributed by atoms with Gasteiger partial charge in [-0.05, 0) is 68.2 Å². The molecule has 0 aliphatic heterocycles. The first-order valence-electron chi connectivity index (χ1n) is 9.28. The van der Waals surface area contributed by atoms with E-state index in [4.69, 9.17) is 16.3 Å². The zero-order valence-corrected chi connectivity index (χ0v) is 16.5. The molecule has 1 unspecified atom stereocenters. The molecule has 2 bridgehead atoms. The van der Waals surface area contributed by atoms with E-state index in [1.165, 1.54) is 6.07 Å². The van der Waals surface area contributed by atoms with E-state index in [2.05, 4.69) is 15.3 Å². The second kappa shape index (κ2) is 7.72. The Morgan fingerprint density at radius 3 is 2.70 bits per heavy atom. The summed E-state index contributed by atoms with van der Waals surface area (Å²) < 4.78 is 18.7. The van der Waals surface area contributed by atoms with Crippen molar-refractivity contribution in [3.05, 3.63) is 28.6 Å². The van der Waals surface area contributed by atoms with Gasteiger partial charge in [0, 0.05) is 12.1 Å². The number of carbonyl (C=O) groups excluding carboxylic acids is 1. The zero-order chi connectivity index (χ0) is 19.0. The molecule has 0 radical (unpaired) electrons. The molecule has 2 aromatic heterocycles. The SMILES string of the molecule is CCOC(=O)[C@@H]1C2CCC(CC2)C1Nc1cc(-c2ccc(F)s2)nc(Cl)n1. The first-order valence-corrected chi connectivity index (χ1v) is 10.5. The maximum atomic E-state index is 13.4. The topological polar surface area (TPSA) is 64.1 Å². The average Bonchev–Trinajstić information content (AvgIpc) is 3.09. The Bertz CT molecular complexity index is 838. The summed E-state index contributed by atoms with van der Waals surface area (Å²) in [5, 5.41) is 3.25. The van der Waals surface area contributed by atoms with Crippen molar-refractivity contribution in [1.29, 1.82) is 0 Å². The van der Waals surface area contributed by atoms with Crippen LogP contribution in [0.5, 0.6) is 0 Å². The van der Waals surface area contributed by atoms with Gasteiger partial charge in [-0.2, -0.15) is 4.39 Å². The highest BCUT2D eigenvalue weighted by molar-refractivity contribution is 7.13. The molecule has 3 saturated carbocycles. The number of hydrogen-bond donors (Lipinski definition) is 1. The summed E-state index contributed by atoms with van der Waals surface area (Å²) in [5.41, 5.74) is 0.569. The molecule has 3 aliphatic carbocycles. The second-order valence-corrected chi connectivity index (χ2v) is 8.51. The Hall–Kier alpha value is -1.73. The highest BCUT2D eigenvalue weighted by Crippen LogP contribution is 2.46. The summed E-state index contributed by atoms with van der Waals surface area (Å²) >= 11 is 7.12. The number of fused-ring (bicyclic) bond motifs is 3. The van der Waals surface area contributed by atoms with Gasteiger partial charge in [-0.25, -0.2) is 9.97 Å². The Balaban J connectivity index is 1.62. The normalized spacial score (nSPS) is 26.8. The molecule has 8 heteroatoms. The Morgan fingerprint density at radius 1 is 1.30 bits per heavy atom. The fraction of sp³-hybridized carbons (Fsp3) is 0.526. The van der Waals surface area contributed by atoms with Gasteiger partial charge in [-0.3, -0.25) is 4.79 Å². The first-order chi connectivity index (χ1) is 13.0. The molecular weight excluding hydrogens is 389 g/mol. The molecular formula is C19H21ClFN3O2S. The van der Waals surface area contributed by atoms with Crippen LogP contribution in [0.4, 0.5) is 10.2 Å². The van der Waals surface area contributed by atoms with Crippen LogP contribution in [0.25, 0.3) is 10.6 Å². The van der Waals surface area contributed by atoms with E-state index < -0.39 is 0 Å². The second-order valence-electron chi connectivity index (χ2n) is 7.13. The number of aromatic nitrogens is 2. The lowest BCUT2D eigenvalue weighted by molar-refractivity contribution is -0.154. The van der Waals surface area contributed by atoms with Crippen molar-refractivity contribution in [3.63, 3.8) is 0 Å². The van der Waals surface area contributed by atoms with Gasteiger partial charge < -0.3 is 10.1 Å². The predicted molar refractivity (Wildman–Crippen MR) is 103 cm³/mol. The predicted octanol–water partition coefficient (Wildman–Crippen LogP) is 4.78. The standard InChI is InChI=1S/C19H21ClFN3O2S/c1-2-26-18(25)16-10-3-5-11(6-4-10)17(16)23-15-9-12(22-19(20)24-15)13-7-8-14(21)27-13/h7-11,16-17H,2-6H2,1H3,(H,22,23,24)/t10?,11?,16-,17?/m1/s1. The van der Waals surface area contributed by atoms with Crippen LogP contribution in [0.15, 0.2) is 18.2 Å². The van der Waals surface area contributed by atoms with Crippen molar-refractivity contribution in [3.8, 4) is 10.6 Å². The van der Waals surface area contributed by atoms with E-state index in [1.807, 2.05) is 6.92 Å². The van der Waals surface area contributed by atoms with E-state index in [-0.39, 0.29) is 28.3 Å². The molecule has 2 heterocycles. The zero-order valence-electron chi connectivity index (χ0n) is 15.0. The fourth-order valence-corrected chi connectivity index (χ4v) is 5.35. The summed E-state index contributed by atoms with van der Waals surface area (Å²) in [4.78, 5) is 21.8. The summed E-state index contributed by atoms with van der Waals surface area (Å²) in [5.74, 6) is 1.00. The largest absolute Gasteiger partial charge is 0.466 e. The Kier molecular flexibility index (Phi) is 5.32. The minimum Gasteiger partial charge on any atom is -0.466 e. The van der Waals surface area contributed by atoms with Gasteiger partial charge in [0.2, 0.25) is 5.28 Å². The lowest BCUT2D eigenvalue weighted by Crippen LogP contribution is -2.52. The van der Waals surface area contributed by atoms with Crippen LogP contribution in [-0.2, 0) is 9.53 Å². The minimum absolute atomic E-state index is 0.0320. The van der Waals surface area contributed by atoms with Crippen LogP contribution in [0.1, 0.15) is 32.6 Å². The average molecular weight is 410 g/mol. The third kappa shape index (κ3) is 3.80. The van der Waals surface area contributed by atoms with Crippen molar-refractivity contribution >= 4 is 34.7 Å². The summed E-state index contributed by atoms with van der Waals surface area (Å²) in [6, 6.07) is 4.81. The van der Waals surface area contributed by atoms with Crippen LogP contribution in [0, 0.1) is 22.9 Å². The Labute approximate surface area is 166 Å². The molecule has 0 spiro atoms. The third-order valence-electron chi connectivity index (χ3n) is 5.62. The number of thiophene rings is 1. The molecule has 2 atom stereocenters. The number of rotatable bonds is 5. The van der Waals surface area contributed by atoms with Gasteiger partial charge in [-0.1, -0.05) is 0 Å². The summed E-state index contributed by atoms with van der Waals surface area (Å²) in [7, 11) is 0. The lowest BCUT2D eigenvalue weighted by Gasteiger charge is -2.47. The van der Waals surface area contributed by atoms with Crippen molar-refractivity contribution in [2.24, 2.45) is 17.8 Å². The molecule has 5 nitrogen and oxygen atoms in total. The maximum Gasteiger partial charge on any atom is 0.311 e. The van der Waals surface area contributed by atoms with Crippen LogP contribution in [0.3, 0.4) is 0 Å². The van der Waals surface area contributed by atoms with Gasteiger partial charge >= 0.3 is 5.97 Å². The molecule has 144 valence electrons. The molecule has 3 fully saturated rings. The van der Waals surface area contributed by atoms with Crippen LogP contribution in [0.2, 0.25) is 5.28 Å². The van der Waals surface area contributed by atoms with Crippen molar-refractivity contribution in [1.82, 2.24) is 9.97 Å². The van der Waals surface area contributed by atoms with Crippen LogP contribution in [-0.4, -0.2) is 28.6 Å². The van der Waals surface area contributed by atoms with E-state index in [9.17, 15) is 9.18 Å². The Morgan fingerprint density at radius 2 is 2.04 bits per heavy atom. The van der Waals surface area contributed by atoms with Gasteiger partial charge in [0.05, 0.1) is 23.1 Å². The van der Waals surface area contributed by atoms with E-state index in [1.54, 1.807) is 12.1 Å². The first kappa shape index (κ1) is 18.6. The fourth-order valence-electron chi connectivity index (χ4n) is 4.48. The number of nitrogens with zero attached hydrogens (tertiary/aromatic N) is 2. The van der Waals surface area contributed by atoms with Gasteiger partial charge in [-0.15, -0.1) is 11.3 Å². The number of hydrogen-bond acceptors (Lipinski definition) is 6. The number of halogens is 2. The number of ether oxygens (including phenoxy) is 1. The highest BCUT2D eigenvalue weighted by atomic mass is 35.5. The monoisotopic (exact) mass is 409 g/mol. The van der Waals surface area contributed by atoms with Crippen LogP contribution >= 0.6 is 22.9 Å². The minimum atomic E-state index is -0.277. The quantitative estimate of drug-likeness (QED) is 0.568. The lowest BCUT2D eigenvalue weighted by atomic mass is 9.61. The van der Waals surface area contributed by atoms with E-state index >= 15 is 0 Å². The molecule has 0 saturated heterocycles. The smallest absolute Gasteiger partial charge is 0.311 e. The van der Waals surface area contributed by atoms with Gasteiger partial charge in [0.1, 0.15) is 5.82 Å². The number of esters is 1. The summed E-state index contributed by atoms with van der Waals surface area (Å²) in [6.07, 6.45) is 4.33. The van der Waals surface area contributed by atoms with E-state index in [0.717, 1.165) is 37.0 Å². The van der Waals surface area contributed by atoms with Crippen LogP contribution < -0.4 is 5.32 Å². The molecule has 27 heavy (non-hydrogen) atoms. The summed E-state index contributed by atoms with van der Waals surface area (Å²) in [6.45, 7) is 2.21. The number of anilines is 1. The molecule has 3 aliphatic rings.